The first kappa shape index (κ1) is 18.1. The molecule has 1 atom stereocenters. The van der Waals surface area contributed by atoms with Crippen LogP contribution in [0.15, 0.2) is 27.9 Å². The molecule has 0 N–H and O–H groups in total. The molecule has 1 aromatic carbocycles. The number of rotatable bonds is 7. The summed E-state index contributed by atoms with van der Waals surface area (Å²) in [5.74, 6) is 0.907. The normalized spacial score (nSPS) is 12.0. The SMILES string of the molecule is COc1c(Cl)cc(OCC=C(Cl)Cl)cc1C(N=O)C(C)C. The van der Waals surface area contributed by atoms with Crippen LogP contribution in [0.3, 0.4) is 0 Å². The first-order valence-corrected chi connectivity index (χ1v) is 7.38. The van der Waals surface area contributed by atoms with Gasteiger partial charge in [0.1, 0.15) is 28.6 Å². The van der Waals surface area contributed by atoms with Crippen LogP contribution in [0.2, 0.25) is 5.02 Å². The Morgan fingerprint density at radius 1 is 1.38 bits per heavy atom. The molecular weight excluding hydrogens is 337 g/mol. The molecule has 0 aliphatic carbocycles. The van der Waals surface area contributed by atoms with Gasteiger partial charge in [0.25, 0.3) is 0 Å². The van der Waals surface area contributed by atoms with Crippen LogP contribution in [-0.4, -0.2) is 13.7 Å². The maximum absolute atomic E-state index is 11.1. The van der Waals surface area contributed by atoms with Gasteiger partial charge >= 0.3 is 0 Å². The summed E-state index contributed by atoms with van der Waals surface area (Å²) < 4.78 is 10.9. The monoisotopic (exact) mass is 351 g/mol. The van der Waals surface area contributed by atoms with Crippen LogP contribution in [0.25, 0.3) is 0 Å². The Morgan fingerprint density at radius 3 is 2.52 bits per heavy atom. The van der Waals surface area contributed by atoms with Crippen molar-refractivity contribution in [1.29, 1.82) is 0 Å². The van der Waals surface area contributed by atoms with Gasteiger partial charge in [-0.15, -0.1) is 0 Å². The second-order valence-electron chi connectivity index (χ2n) is 4.63. The Kier molecular flexibility index (Phi) is 7.29. The standard InChI is InChI=1S/C14H16Cl3NO3/c1-8(2)13(18-19)10-6-9(21-5-4-12(16)17)7-11(15)14(10)20-3/h4,6-8,13H,5H2,1-3H3. The number of hydrogen-bond acceptors (Lipinski definition) is 4. The Bertz CT molecular complexity index is 528. The van der Waals surface area contributed by atoms with Crippen LogP contribution in [0.4, 0.5) is 0 Å². The van der Waals surface area contributed by atoms with Gasteiger partial charge in [-0.05, 0) is 18.1 Å². The van der Waals surface area contributed by atoms with Crippen molar-refractivity contribution in [2.75, 3.05) is 13.7 Å². The molecule has 0 amide bonds. The van der Waals surface area contributed by atoms with E-state index in [2.05, 4.69) is 5.18 Å². The molecule has 0 fully saturated rings. The summed E-state index contributed by atoms with van der Waals surface area (Å²) in [6.07, 6.45) is 1.50. The summed E-state index contributed by atoms with van der Waals surface area (Å²) >= 11 is 17.2. The Morgan fingerprint density at radius 2 is 2.05 bits per heavy atom. The Labute approximate surface area is 138 Å². The van der Waals surface area contributed by atoms with E-state index < -0.39 is 6.04 Å². The molecule has 0 saturated carbocycles. The number of halogens is 3. The van der Waals surface area contributed by atoms with Gasteiger partial charge in [0.15, 0.2) is 0 Å². The van der Waals surface area contributed by atoms with Crippen molar-refractivity contribution in [2.24, 2.45) is 11.1 Å². The highest BCUT2D eigenvalue weighted by atomic mass is 35.5. The lowest BCUT2D eigenvalue weighted by atomic mass is 9.96. The number of methoxy groups -OCH3 is 1. The second-order valence-corrected chi connectivity index (χ2v) is 6.04. The highest BCUT2D eigenvalue weighted by Crippen LogP contribution is 2.40. The molecule has 0 bridgehead atoms. The van der Waals surface area contributed by atoms with E-state index in [1.165, 1.54) is 13.2 Å². The third-order valence-electron chi connectivity index (χ3n) is 2.80. The summed E-state index contributed by atoms with van der Waals surface area (Å²) in [7, 11) is 1.49. The summed E-state index contributed by atoms with van der Waals surface area (Å²) in [5, 5.41) is 3.51. The Hall–Kier alpha value is -0.970. The summed E-state index contributed by atoms with van der Waals surface area (Å²) in [6.45, 7) is 3.97. The number of nitroso groups, excluding NO2 is 1. The lowest BCUT2D eigenvalue weighted by Crippen LogP contribution is -2.07. The fourth-order valence-electron chi connectivity index (χ4n) is 1.85. The third-order valence-corrected chi connectivity index (χ3v) is 3.39. The van der Waals surface area contributed by atoms with Crippen LogP contribution in [-0.2, 0) is 0 Å². The van der Waals surface area contributed by atoms with Gasteiger partial charge in [-0.25, -0.2) is 0 Å². The van der Waals surface area contributed by atoms with Crippen LogP contribution in [0, 0.1) is 10.8 Å². The van der Waals surface area contributed by atoms with Gasteiger partial charge in [0, 0.05) is 11.6 Å². The number of hydrogen-bond donors (Lipinski definition) is 0. The van der Waals surface area contributed by atoms with E-state index >= 15 is 0 Å². The number of ether oxygens (including phenoxy) is 2. The van der Waals surface area contributed by atoms with Gasteiger partial charge in [-0.3, -0.25) is 0 Å². The molecule has 4 nitrogen and oxygen atoms in total. The van der Waals surface area contributed by atoms with E-state index in [-0.39, 0.29) is 17.0 Å². The van der Waals surface area contributed by atoms with Gasteiger partial charge < -0.3 is 9.47 Å². The lowest BCUT2D eigenvalue weighted by Gasteiger charge is -2.19. The van der Waals surface area contributed by atoms with Crippen LogP contribution >= 0.6 is 34.8 Å². The second kappa shape index (κ2) is 8.47. The fourth-order valence-corrected chi connectivity index (χ4v) is 2.27. The third kappa shape index (κ3) is 5.06. The largest absolute Gasteiger partial charge is 0.495 e. The molecule has 0 saturated heterocycles. The zero-order valence-corrected chi connectivity index (χ0v) is 14.2. The average Bonchev–Trinajstić information content (AvgIpc) is 2.38. The molecule has 1 rings (SSSR count). The number of nitrogens with zero attached hydrogens (tertiary/aromatic N) is 1. The maximum Gasteiger partial charge on any atom is 0.143 e. The zero-order chi connectivity index (χ0) is 16.0. The van der Waals surface area contributed by atoms with Crippen molar-refractivity contribution < 1.29 is 9.47 Å². The van der Waals surface area contributed by atoms with Crippen molar-refractivity contribution >= 4 is 34.8 Å². The fraction of sp³-hybridized carbons (Fsp3) is 0.429. The molecule has 0 aliphatic heterocycles. The molecule has 7 heteroatoms. The van der Waals surface area contributed by atoms with Crippen molar-refractivity contribution in [2.45, 2.75) is 19.9 Å². The van der Waals surface area contributed by atoms with Gasteiger partial charge in [-0.1, -0.05) is 53.8 Å². The molecule has 116 valence electrons. The molecule has 21 heavy (non-hydrogen) atoms. The van der Waals surface area contributed by atoms with Crippen molar-refractivity contribution in [1.82, 2.24) is 0 Å². The van der Waals surface area contributed by atoms with Crippen molar-refractivity contribution in [3.63, 3.8) is 0 Å². The zero-order valence-electron chi connectivity index (χ0n) is 11.9. The van der Waals surface area contributed by atoms with Gasteiger partial charge in [0.05, 0.1) is 12.1 Å². The highest BCUT2D eigenvalue weighted by molar-refractivity contribution is 6.55. The van der Waals surface area contributed by atoms with E-state index in [9.17, 15) is 4.91 Å². The maximum atomic E-state index is 11.1. The topological polar surface area (TPSA) is 47.9 Å². The van der Waals surface area contributed by atoms with E-state index in [0.29, 0.717) is 22.1 Å². The van der Waals surface area contributed by atoms with Crippen LogP contribution < -0.4 is 9.47 Å². The number of benzene rings is 1. The van der Waals surface area contributed by atoms with Crippen molar-refractivity contribution in [3.05, 3.63) is 38.2 Å². The predicted octanol–water partition coefficient (Wildman–Crippen LogP) is 5.51. The summed E-state index contributed by atoms with van der Waals surface area (Å²) in [6, 6.07) is 2.71. The molecule has 0 spiro atoms. The molecular formula is C14H16Cl3NO3. The quantitative estimate of drug-likeness (QED) is 0.608. The minimum absolute atomic E-state index is 0.0000937. The lowest BCUT2D eigenvalue weighted by molar-refractivity contribution is 0.357. The molecule has 0 heterocycles. The van der Waals surface area contributed by atoms with Gasteiger partial charge in [-0.2, -0.15) is 4.91 Å². The van der Waals surface area contributed by atoms with E-state index in [4.69, 9.17) is 44.3 Å². The molecule has 0 radical (unpaired) electrons. The predicted molar refractivity (Wildman–Crippen MR) is 86.7 cm³/mol. The average molecular weight is 353 g/mol. The van der Waals surface area contributed by atoms with E-state index in [0.717, 1.165) is 0 Å². The minimum atomic E-state index is -0.576. The molecule has 0 aliphatic rings. The first-order chi connectivity index (χ1) is 9.90. The highest BCUT2D eigenvalue weighted by Gasteiger charge is 2.23. The minimum Gasteiger partial charge on any atom is -0.495 e. The van der Waals surface area contributed by atoms with E-state index in [1.54, 1.807) is 12.1 Å². The van der Waals surface area contributed by atoms with Gasteiger partial charge in [0.2, 0.25) is 0 Å². The molecule has 1 aromatic rings. The van der Waals surface area contributed by atoms with Crippen molar-refractivity contribution in [3.8, 4) is 11.5 Å². The van der Waals surface area contributed by atoms with E-state index in [1.807, 2.05) is 13.8 Å². The summed E-state index contributed by atoms with van der Waals surface area (Å²) in [4.78, 5) is 11.1. The first-order valence-electron chi connectivity index (χ1n) is 6.24. The Balaban J connectivity index is 3.17. The summed E-state index contributed by atoms with van der Waals surface area (Å²) in [5.41, 5.74) is 0.589. The van der Waals surface area contributed by atoms with Crippen LogP contribution in [0.1, 0.15) is 25.5 Å². The van der Waals surface area contributed by atoms with Crippen LogP contribution in [0.5, 0.6) is 11.5 Å². The molecule has 0 aromatic heterocycles. The molecule has 1 unspecified atom stereocenters. The smallest absolute Gasteiger partial charge is 0.143 e.